The summed E-state index contributed by atoms with van der Waals surface area (Å²) < 4.78 is 5.15. The van der Waals surface area contributed by atoms with Crippen LogP contribution in [0, 0.1) is 11.3 Å². The zero-order chi connectivity index (χ0) is 14.2. The van der Waals surface area contributed by atoms with Gasteiger partial charge in [0.1, 0.15) is 0 Å². The van der Waals surface area contributed by atoms with Crippen molar-refractivity contribution in [2.75, 3.05) is 19.8 Å². The lowest BCUT2D eigenvalue weighted by molar-refractivity contribution is -0.153. The molecule has 0 aromatic heterocycles. The molecule has 0 saturated heterocycles. The van der Waals surface area contributed by atoms with E-state index in [0.717, 1.165) is 6.42 Å². The van der Waals surface area contributed by atoms with Gasteiger partial charge in [0.05, 0.1) is 5.41 Å². The Morgan fingerprint density at radius 1 is 1.39 bits per heavy atom. The van der Waals surface area contributed by atoms with Crippen molar-refractivity contribution in [2.45, 2.75) is 40.5 Å². The van der Waals surface area contributed by atoms with Crippen LogP contribution in [0.2, 0.25) is 0 Å². The van der Waals surface area contributed by atoms with Crippen LogP contribution in [0.4, 0.5) is 0 Å². The fourth-order valence-electron chi connectivity index (χ4n) is 1.47. The highest BCUT2D eigenvalue weighted by Gasteiger charge is 2.38. The Morgan fingerprint density at radius 3 is 2.44 bits per heavy atom. The minimum absolute atomic E-state index is 0.00857. The van der Waals surface area contributed by atoms with E-state index >= 15 is 0 Å². The summed E-state index contributed by atoms with van der Waals surface area (Å²) in [5, 5.41) is 11.9. The number of hydrogen-bond acceptors (Lipinski definition) is 3. The van der Waals surface area contributed by atoms with Crippen LogP contribution in [0.15, 0.2) is 0 Å². The molecule has 1 amide bonds. The number of nitrogens with one attached hydrogen (secondary N) is 1. The molecular weight excluding hydrogens is 234 g/mol. The smallest absolute Gasteiger partial charge is 0.310 e. The predicted molar refractivity (Wildman–Crippen MR) is 69.3 cm³/mol. The molecule has 0 bridgehead atoms. The Morgan fingerprint density at radius 2 is 2.00 bits per heavy atom. The summed E-state index contributed by atoms with van der Waals surface area (Å²) in [5.74, 6) is -1.24. The van der Waals surface area contributed by atoms with Crippen molar-refractivity contribution in [3.8, 4) is 0 Å². The van der Waals surface area contributed by atoms with Crippen molar-refractivity contribution in [2.24, 2.45) is 11.3 Å². The number of aliphatic carboxylic acids is 1. The maximum atomic E-state index is 11.7. The van der Waals surface area contributed by atoms with Crippen molar-refractivity contribution in [1.82, 2.24) is 5.32 Å². The standard InChI is InChI=1S/C13H25NO4/c1-5-18-8-6-7-14-11(15)9-13(4,10(2)3)12(16)17/h10H,5-9H2,1-4H3,(H,14,15)(H,16,17). The molecule has 0 heterocycles. The second-order valence-corrected chi connectivity index (χ2v) is 4.95. The van der Waals surface area contributed by atoms with Gasteiger partial charge in [-0.25, -0.2) is 0 Å². The van der Waals surface area contributed by atoms with E-state index in [-0.39, 0.29) is 18.2 Å². The van der Waals surface area contributed by atoms with Crippen LogP contribution in [0.1, 0.15) is 40.5 Å². The summed E-state index contributed by atoms with van der Waals surface area (Å²) in [5.41, 5.74) is -1.01. The van der Waals surface area contributed by atoms with Gasteiger partial charge in [-0.05, 0) is 26.2 Å². The van der Waals surface area contributed by atoms with E-state index in [2.05, 4.69) is 5.32 Å². The highest BCUT2D eigenvalue weighted by atomic mass is 16.5. The maximum Gasteiger partial charge on any atom is 0.310 e. The quantitative estimate of drug-likeness (QED) is 0.618. The lowest BCUT2D eigenvalue weighted by Gasteiger charge is -2.28. The molecule has 0 saturated carbocycles. The second kappa shape index (κ2) is 8.08. The van der Waals surface area contributed by atoms with E-state index < -0.39 is 11.4 Å². The number of carbonyl (C=O) groups is 2. The van der Waals surface area contributed by atoms with Gasteiger partial charge in [0.15, 0.2) is 0 Å². The lowest BCUT2D eigenvalue weighted by Crippen LogP contribution is -2.39. The second-order valence-electron chi connectivity index (χ2n) is 4.95. The van der Waals surface area contributed by atoms with Crippen LogP contribution in [-0.2, 0) is 14.3 Å². The first-order valence-corrected chi connectivity index (χ1v) is 6.42. The molecule has 0 aromatic rings. The van der Waals surface area contributed by atoms with Gasteiger partial charge in [-0.2, -0.15) is 0 Å². The molecule has 0 fully saturated rings. The van der Waals surface area contributed by atoms with E-state index in [1.165, 1.54) is 0 Å². The number of carbonyl (C=O) groups excluding carboxylic acids is 1. The van der Waals surface area contributed by atoms with E-state index in [9.17, 15) is 14.7 Å². The summed E-state index contributed by atoms with van der Waals surface area (Å²) in [4.78, 5) is 22.9. The molecule has 0 aliphatic heterocycles. The molecule has 5 heteroatoms. The van der Waals surface area contributed by atoms with Crippen LogP contribution >= 0.6 is 0 Å². The van der Waals surface area contributed by atoms with Crippen LogP contribution in [0.5, 0.6) is 0 Å². The molecule has 1 unspecified atom stereocenters. The molecule has 106 valence electrons. The third kappa shape index (κ3) is 5.49. The molecule has 0 rings (SSSR count). The fraction of sp³-hybridized carbons (Fsp3) is 0.846. The zero-order valence-corrected chi connectivity index (χ0v) is 11.8. The van der Waals surface area contributed by atoms with Gasteiger partial charge in [-0.3, -0.25) is 9.59 Å². The molecule has 2 N–H and O–H groups in total. The number of rotatable bonds is 9. The molecule has 1 atom stereocenters. The van der Waals surface area contributed by atoms with E-state index in [4.69, 9.17) is 4.74 Å². The van der Waals surface area contributed by atoms with Gasteiger partial charge in [0.25, 0.3) is 0 Å². The maximum absolute atomic E-state index is 11.7. The Labute approximate surface area is 109 Å². The van der Waals surface area contributed by atoms with Gasteiger partial charge in [0.2, 0.25) is 5.91 Å². The van der Waals surface area contributed by atoms with Crippen LogP contribution in [0.25, 0.3) is 0 Å². The highest BCUT2D eigenvalue weighted by molar-refractivity contribution is 5.84. The van der Waals surface area contributed by atoms with Gasteiger partial charge >= 0.3 is 5.97 Å². The van der Waals surface area contributed by atoms with Gasteiger partial charge < -0.3 is 15.2 Å². The van der Waals surface area contributed by atoms with Crippen molar-refractivity contribution in [3.05, 3.63) is 0 Å². The van der Waals surface area contributed by atoms with Gasteiger partial charge in [0, 0.05) is 26.2 Å². The number of carboxylic acid groups (broad SMARTS) is 1. The molecular formula is C13H25NO4. The average molecular weight is 259 g/mol. The summed E-state index contributed by atoms with van der Waals surface area (Å²) in [6.07, 6.45) is 0.750. The highest BCUT2D eigenvalue weighted by Crippen LogP contribution is 2.31. The van der Waals surface area contributed by atoms with Gasteiger partial charge in [-0.1, -0.05) is 13.8 Å². The molecule has 0 aromatic carbocycles. The Hall–Kier alpha value is -1.10. The molecule has 0 spiro atoms. The number of carboxylic acids is 1. The van der Waals surface area contributed by atoms with Crippen molar-refractivity contribution >= 4 is 11.9 Å². The number of amides is 1. The minimum atomic E-state index is -1.01. The number of hydrogen-bond donors (Lipinski definition) is 2. The largest absolute Gasteiger partial charge is 0.481 e. The van der Waals surface area contributed by atoms with Crippen molar-refractivity contribution in [1.29, 1.82) is 0 Å². The topological polar surface area (TPSA) is 75.6 Å². The van der Waals surface area contributed by atoms with E-state index in [1.807, 2.05) is 20.8 Å². The Bertz CT molecular complexity index is 278. The number of ether oxygens (including phenoxy) is 1. The molecule has 5 nitrogen and oxygen atoms in total. The summed E-state index contributed by atoms with van der Waals surface area (Å²) >= 11 is 0. The average Bonchev–Trinajstić information content (AvgIpc) is 2.28. The lowest BCUT2D eigenvalue weighted by atomic mass is 9.76. The Kier molecular flexibility index (Phi) is 7.59. The minimum Gasteiger partial charge on any atom is -0.481 e. The first-order valence-electron chi connectivity index (χ1n) is 6.42. The van der Waals surface area contributed by atoms with Gasteiger partial charge in [-0.15, -0.1) is 0 Å². The monoisotopic (exact) mass is 259 g/mol. The molecule has 0 radical (unpaired) electrons. The summed E-state index contributed by atoms with van der Waals surface area (Å²) in [6.45, 7) is 8.95. The first-order chi connectivity index (χ1) is 8.34. The fourth-order valence-corrected chi connectivity index (χ4v) is 1.47. The third-order valence-electron chi connectivity index (χ3n) is 3.28. The zero-order valence-electron chi connectivity index (χ0n) is 11.8. The molecule has 0 aliphatic carbocycles. The summed E-state index contributed by atoms with van der Waals surface area (Å²) in [7, 11) is 0. The van der Waals surface area contributed by atoms with Crippen LogP contribution < -0.4 is 5.32 Å². The third-order valence-corrected chi connectivity index (χ3v) is 3.28. The summed E-state index contributed by atoms with van der Waals surface area (Å²) in [6, 6.07) is 0. The van der Waals surface area contributed by atoms with Crippen molar-refractivity contribution in [3.63, 3.8) is 0 Å². The first kappa shape index (κ1) is 16.9. The predicted octanol–water partition coefficient (Wildman–Crippen LogP) is 1.67. The van der Waals surface area contributed by atoms with Crippen LogP contribution in [-0.4, -0.2) is 36.7 Å². The van der Waals surface area contributed by atoms with Crippen LogP contribution in [0.3, 0.4) is 0 Å². The van der Waals surface area contributed by atoms with Crippen molar-refractivity contribution < 1.29 is 19.4 Å². The SMILES string of the molecule is CCOCCCNC(=O)CC(C)(C(=O)O)C(C)C. The normalized spacial score (nSPS) is 14.3. The van der Waals surface area contributed by atoms with E-state index in [0.29, 0.717) is 19.8 Å². The molecule has 18 heavy (non-hydrogen) atoms. The Balaban J connectivity index is 4.09. The molecule has 0 aliphatic rings. The van der Waals surface area contributed by atoms with E-state index in [1.54, 1.807) is 6.92 Å².